The number of hydrogen-bond donors (Lipinski definition) is 0. The Hall–Kier alpha value is -1.05. The van der Waals surface area contributed by atoms with Crippen LogP contribution in [0.15, 0.2) is 0 Å². The second-order valence-electron chi connectivity index (χ2n) is 5.40. The van der Waals surface area contributed by atoms with Crippen LogP contribution in [-0.4, -0.2) is 61.1 Å². The van der Waals surface area contributed by atoms with Gasteiger partial charge >= 0.3 is 5.97 Å². The topological polar surface area (TPSA) is 32.8 Å². The molecule has 18 heavy (non-hydrogen) atoms. The van der Waals surface area contributed by atoms with Gasteiger partial charge < -0.3 is 4.74 Å². The van der Waals surface area contributed by atoms with E-state index in [4.69, 9.17) is 11.2 Å². The number of carbonyl (C=O) groups is 1. The molecule has 0 atom stereocenters. The highest BCUT2D eigenvalue weighted by Gasteiger charge is 2.18. The van der Waals surface area contributed by atoms with Gasteiger partial charge in [0.05, 0.1) is 13.1 Å². The molecular formula is C14H26N2O2. The van der Waals surface area contributed by atoms with E-state index in [1.54, 1.807) is 0 Å². The van der Waals surface area contributed by atoms with Crippen molar-refractivity contribution in [1.29, 1.82) is 0 Å². The molecule has 0 amide bonds. The van der Waals surface area contributed by atoms with Gasteiger partial charge in [-0.2, -0.15) is 0 Å². The lowest BCUT2D eigenvalue weighted by molar-refractivity contribution is -0.156. The van der Waals surface area contributed by atoms with Crippen LogP contribution >= 0.6 is 0 Å². The van der Waals surface area contributed by atoms with Gasteiger partial charge in [0.1, 0.15) is 5.60 Å². The van der Waals surface area contributed by atoms with Crippen LogP contribution in [0.4, 0.5) is 0 Å². The number of ether oxygens (including phenoxy) is 1. The third-order valence-corrected chi connectivity index (χ3v) is 2.38. The number of terminal acetylenes is 1. The SMILES string of the molecule is C#CCN(C)CCN(CC)CC(=O)OC(C)(C)C. The molecule has 0 aliphatic heterocycles. The summed E-state index contributed by atoms with van der Waals surface area (Å²) in [5, 5.41) is 0. The summed E-state index contributed by atoms with van der Waals surface area (Å²) >= 11 is 0. The zero-order valence-corrected chi connectivity index (χ0v) is 12.3. The molecule has 0 saturated carbocycles. The van der Waals surface area contributed by atoms with E-state index in [1.807, 2.05) is 34.7 Å². The average Bonchev–Trinajstić information content (AvgIpc) is 2.22. The van der Waals surface area contributed by atoms with Gasteiger partial charge in [-0.05, 0) is 34.4 Å². The van der Waals surface area contributed by atoms with Crippen LogP contribution in [-0.2, 0) is 9.53 Å². The first kappa shape index (κ1) is 16.9. The summed E-state index contributed by atoms with van der Waals surface area (Å²) in [5.41, 5.74) is -0.420. The summed E-state index contributed by atoms with van der Waals surface area (Å²) in [5.74, 6) is 2.42. The normalized spacial score (nSPS) is 11.7. The minimum atomic E-state index is -0.420. The van der Waals surface area contributed by atoms with Crippen LogP contribution in [0, 0.1) is 12.3 Å². The first-order valence-electron chi connectivity index (χ1n) is 6.34. The molecule has 0 radical (unpaired) electrons. The molecule has 0 aliphatic rings. The second-order valence-corrected chi connectivity index (χ2v) is 5.40. The highest BCUT2D eigenvalue weighted by atomic mass is 16.6. The Morgan fingerprint density at radius 3 is 2.39 bits per heavy atom. The molecule has 0 saturated heterocycles. The Morgan fingerprint density at radius 1 is 1.33 bits per heavy atom. The van der Waals surface area contributed by atoms with Crippen molar-refractivity contribution in [3.63, 3.8) is 0 Å². The van der Waals surface area contributed by atoms with E-state index in [-0.39, 0.29) is 5.97 Å². The zero-order chi connectivity index (χ0) is 14.2. The summed E-state index contributed by atoms with van der Waals surface area (Å²) < 4.78 is 5.30. The molecule has 0 unspecified atom stereocenters. The van der Waals surface area contributed by atoms with E-state index in [9.17, 15) is 4.79 Å². The molecule has 0 aliphatic carbocycles. The number of esters is 1. The molecule has 0 heterocycles. The van der Waals surface area contributed by atoms with E-state index < -0.39 is 5.60 Å². The molecule has 0 bridgehead atoms. The summed E-state index contributed by atoms with van der Waals surface area (Å²) in [6.45, 7) is 11.1. The molecule has 104 valence electrons. The fourth-order valence-electron chi connectivity index (χ4n) is 1.45. The van der Waals surface area contributed by atoms with Gasteiger partial charge in [-0.15, -0.1) is 6.42 Å². The van der Waals surface area contributed by atoms with Crippen LogP contribution in [0.3, 0.4) is 0 Å². The third kappa shape index (κ3) is 9.03. The van der Waals surface area contributed by atoms with E-state index in [1.165, 1.54) is 0 Å². The van der Waals surface area contributed by atoms with Gasteiger partial charge in [0.2, 0.25) is 0 Å². The summed E-state index contributed by atoms with van der Waals surface area (Å²) in [7, 11) is 1.97. The average molecular weight is 254 g/mol. The summed E-state index contributed by atoms with van der Waals surface area (Å²) in [6.07, 6.45) is 5.24. The van der Waals surface area contributed by atoms with Crippen molar-refractivity contribution < 1.29 is 9.53 Å². The first-order chi connectivity index (χ1) is 8.28. The number of carbonyl (C=O) groups excluding carboxylic acids is 1. The number of likely N-dealkylation sites (N-methyl/N-ethyl adjacent to an activating group) is 2. The predicted octanol–water partition coefficient (Wildman–Crippen LogP) is 1.21. The molecule has 0 aromatic rings. The van der Waals surface area contributed by atoms with Crippen LogP contribution < -0.4 is 0 Å². The van der Waals surface area contributed by atoms with Crippen molar-refractivity contribution in [3.8, 4) is 12.3 Å². The fourth-order valence-corrected chi connectivity index (χ4v) is 1.45. The lowest BCUT2D eigenvalue weighted by Crippen LogP contribution is -2.39. The lowest BCUT2D eigenvalue weighted by atomic mass is 10.2. The predicted molar refractivity (Wildman–Crippen MR) is 74.3 cm³/mol. The molecule has 0 rings (SSSR count). The Bertz CT molecular complexity index is 289. The molecule has 0 N–H and O–H groups in total. The first-order valence-corrected chi connectivity index (χ1v) is 6.34. The Morgan fingerprint density at radius 2 is 1.94 bits per heavy atom. The van der Waals surface area contributed by atoms with Crippen molar-refractivity contribution in [1.82, 2.24) is 9.80 Å². The number of rotatable bonds is 7. The van der Waals surface area contributed by atoms with Crippen molar-refractivity contribution in [3.05, 3.63) is 0 Å². The van der Waals surface area contributed by atoms with Gasteiger partial charge in [-0.3, -0.25) is 14.6 Å². The standard InChI is InChI=1S/C14H26N2O2/c1-7-9-15(6)10-11-16(8-2)12-13(17)18-14(3,4)5/h1H,8-12H2,2-6H3. The lowest BCUT2D eigenvalue weighted by Gasteiger charge is -2.25. The minimum Gasteiger partial charge on any atom is -0.459 e. The van der Waals surface area contributed by atoms with Crippen molar-refractivity contribution >= 4 is 5.97 Å². The minimum absolute atomic E-state index is 0.177. The maximum Gasteiger partial charge on any atom is 0.320 e. The van der Waals surface area contributed by atoms with Crippen LogP contribution in [0.1, 0.15) is 27.7 Å². The van der Waals surface area contributed by atoms with Crippen LogP contribution in [0.5, 0.6) is 0 Å². The Kier molecular flexibility index (Phi) is 7.65. The summed E-state index contributed by atoms with van der Waals surface area (Å²) in [4.78, 5) is 15.8. The van der Waals surface area contributed by atoms with Gasteiger partial charge in [-0.25, -0.2) is 0 Å². The molecular weight excluding hydrogens is 228 g/mol. The quantitative estimate of drug-likeness (QED) is 0.505. The van der Waals surface area contributed by atoms with Crippen LogP contribution in [0.2, 0.25) is 0 Å². The molecule has 4 heteroatoms. The Labute approximate surface area is 111 Å². The van der Waals surface area contributed by atoms with E-state index in [0.717, 1.165) is 19.6 Å². The van der Waals surface area contributed by atoms with E-state index in [2.05, 4.69) is 15.7 Å². The van der Waals surface area contributed by atoms with Gasteiger partial charge in [0, 0.05) is 13.1 Å². The fraction of sp³-hybridized carbons (Fsp3) is 0.786. The van der Waals surface area contributed by atoms with Crippen LogP contribution in [0.25, 0.3) is 0 Å². The van der Waals surface area contributed by atoms with Gasteiger partial charge in [0.25, 0.3) is 0 Å². The number of nitrogens with zero attached hydrogens (tertiary/aromatic N) is 2. The van der Waals surface area contributed by atoms with Gasteiger partial charge in [-0.1, -0.05) is 12.8 Å². The molecule has 0 aromatic carbocycles. The maximum absolute atomic E-state index is 11.7. The summed E-state index contributed by atoms with van der Waals surface area (Å²) in [6, 6.07) is 0. The smallest absolute Gasteiger partial charge is 0.320 e. The Balaban J connectivity index is 4.04. The third-order valence-electron chi connectivity index (χ3n) is 2.38. The zero-order valence-electron chi connectivity index (χ0n) is 12.3. The molecule has 0 spiro atoms. The molecule has 0 aromatic heterocycles. The van der Waals surface area contributed by atoms with Crippen molar-refractivity contribution in [2.75, 3.05) is 39.8 Å². The highest BCUT2D eigenvalue weighted by molar-refractivity contribution is 5.72. The van der Waals surface area contributed by atoms with Gasteiger partial charge in [0.15, 0.2) is 0 Å². The highest BCUT2D eigenvalue weighted by Crippen LogP contribution is 2.07. The van der Waals surface area contributed by atoms with E-state index in [0.29, 0.717) is 13.1 Å². The monoisotopic (exact) mass is 254 g/mol. The van der Waals surface area contributed by atoms with Crippen molar-refractivity contribution in [2.24, 2.45) is 0 Å². The van der Waals surface area contributed by atoms with Crippen molar-refractivity contribution in [2.45, 2.75) is 33.3 Å². The largest absolute Gasteiger partial charge is 0.459 e. The van der Waals surface area contributed by atoms with E-state index >= 15 is 0 Å². The molecule has 4 nitrogen and oxygen atoms in total. The molecule has 0 fully saturated rings. The second kappa shape index (κ2) is 8.12. The number of hydrogen-bond acceptors (Lipinski definition) is 4. The maximum atomic E-state index is 11.7.